The first kappa shape index (κ1) is 10.7. The summed E-state index contributed by atoms with van der Waals surface area (Å²) in [4.78, 5) is 19.1. The number of carbonyl (C=O) groups excluding carboxylic acids is 1. The molecule has 2 N–H and O–H groups in total. The summed E-state index contributed by atoms with van der Waals surface area (Å²) in [6, 6.07) is 8.29. The Kier molecular flexibility index (Phi) is 2.76. The summed E-state index contributed by atoms with van der Waals surface area (Å²) in [5, 5.41) is 3.76. The second-order valence-electron chi connectivity index (χ2n) is 4.19. The SMILES string of the molecule is O=C(CSc1nc2ccccc2[nH]1)NC1CC1. The van der Waals surface area contributed by atoms with Gasteiger partial charge >= 0.3 is 0 Å². The van der Waals surface area contributed by atoms with E-state index in [1.807, 2.05) is 24.3 Å². The van der Waals surface area contributed by atoms with Crippen LogP contribution in [0.15, 0.2) is 29.4 Å². The number of imidazole rings is 1. The predicted molar refractivity (Wildman–Crippen MR) is 68.0 cm³/mol. The van der Waals surface area contributed by atoms with Crippen LogP contribution in [0.25, 0.3) is 11.0 Å². The molecule has 0 aliphatic heterocycles. The van der Waals surface area contributed by atoms with Crippen LogP contribution >= 0.6 is 11.8 Å². The third-order valence-corrected chi connectivity index (χ3v) is 3.52. The topological polar surface area (TPSA) is 57.8 Å². The summed E-state index contributed by atoms with van der Waals surface area (Å²) in [6.07, 6.45) is 2.25. The molecule has 5 heteroatoms. The molecule has 3 rings (SSSR count). The molecule has 1 saturated carbocycles. The number of hydrogen-bond donors (Lipinski definition) is 2. The lowest BCUT2D eigenvalue weighted by Gasteiger charge is -2.00. The number of H-pyrrole nitrogens is 1. The van der Waals surface area contributed by atoms with E-state index in [2.05, 4.69) is 15.3 Å². The minimum Gasteiger partial charge on any atom is -0.353 e. The Bertz CT molecular complexity index is 514. The number of fused-ring (bicyclic) bond motifs is 1. The van der Waals surface area contributed by atoms with E-state index in [1.54, 1.807) is 0 Å². The normalized spacial score (nSPS) is 15.1. The van der Waals surface area contributed by atoms with Gasteiger partial charge in [0.2, 0.25) is 5.91 Å². The van der Waals surface area contributed by atoms with Crippen LogP contribution in [0, 0.1) is 0 Å². The first-order valence-electron chi connectivity index (χ1n) is 5.68. The van der Waals surface area contributed by atoms with Gasteiger partial charge in [-0.15, -0.1) is 0 Å². The van der Waals surface area contributed by atoms with Crippen molar-refractivity contribution in [2.24, 2.45) is 0 Å². The number of hydrogen-bond acceptors (Lipinski definition) is 3. The summed E-state index contributed by atoms with van der Waals surface area (Å²) in [7, 11) is 0. The number of carbonyl (C=O) groups is 1. The molecule has 88 valence electrons. The highest BCUT2D eigenvalue weighted by Gasteiger charge is 2.23. The summed E-state index contributed by atoms with van der Waals surface area (Å²) in [6.45, 7) is 0. The maximum atomic E-state index is 11.5. The van der Waals surface area contributed by atoms with Gasteiger partial charge in [0.25, 0.3) is 0 Å². The molecule has 0 bridgehead atoms. The number of benzene rings is 1. The Labute approximate surface area is 103 Å². The minimum atomic E-state index is 0.0953. The van der Waals surface area contributed by atoms with Crippen LogP contribution in [-0.4, -0.2) is 27.7 Å². The van der Waals surface area contributed by atoms with Gasteiger partial charge in [-0.3, -0.25) is 4.79 Å². The molecule has 0 radical (unpaired) electrons. The van der Waals surface area contributed by atoms with Crippen molar-refractivity contribution in [1.82, 2.24) is 15.3 Å². The fourth-order valence-electron chi connectivity index (χ4n) is 1.63. The van der Waals surface area contributed by atoms with Gasteiger partial charge in [0.15, 0.2) is 5.16 Å². The van der Waals surface area contributed by atoms with Crippen molar-refractivity contribution in [3.8, 4) is 0 Å². The van der Waals surface area contributed by atoms with Crippen molar-refractivity contribution >= 4 is 28.7 Å². The molecule has 0 spiro atoms. The fraction of sp³-hybridized carbons (Fsp3) is 0.333. The molecule has 0 unspecified atom stereocenters. The zero-order valence-corrected chi connectivity index (χ0v) is 10.1. The molecule has 1 heterocycles. The van der Waals surface area contributed by atoms with Gasteiger partial charge in [-0.05, 0) is 25.0 Å². The monoisotopic (exact) mass is 247 g/mol. The second-order valence-corrected chi connectivity index (χ2v) is 5.15. The number of nitrogens with zero attached hydrogens (tertiary/aromatic N) is 1. The second kappa shape index (κ2) is 4.41. The molecule has 0 atom stereocenters. The van der Waals surface area contributed by atoms with Crippen LogP contribution in [0.1, 0.15) is 12.8 Å². The highest BCUT2D eigenvalue weighted by atomic mass is 32.2. The number of aromatic amines is 1. The Hall–Kier alpha value is -1.49. The molecule has 4 nitrogen and oxygen atoms in total. The number of aromatic nitrogens is 2. The first-order valence-corrected chi connectivity index (χ1v) is 6.67. The number of nitrogens with one attached hydrogen (secondary N) is 2. The minimum absolute atomic E-state index is 0.0953. The van der Waals surface area contributed by atoms with Crippen LogP contribution < -0.4 is 5.32 Å². The zero-order chi connectivity index (χ0) is 11.7. The van der Waals surface area contributed by atoms with Crippen molar-refractivity contribution in [2.75, 3.05) is 5.75 Å². The van der Waals surface area contributed by atoms with E-state index in [9.17, 15) is 4.79 Å². The van der Waals surface area contributed by atoms with Gasteiger partial charge in [-0.1, -0.05) is 23.9 Å². The smallest absolute Gasteiger partial charge is 0.230 e. The average Bonchev–Trinajstić information content (AvgIpc) is 3.03. The van der Waals surface area contributed by atoms with E-state index in [0.29, 0.717) is 11.8 Å². The largest absolute Gasteiger partial charge is 0.353 e. The lowest BCUT2D eigenvalue weighted by molar-refractivity contribution is -0.118. The van der Waals surface area contributed by atoms with Crippen molar-refractivity contribution < 1.29 is 4.79 Å². The average molecular weight is 247 g/mol. The Morgan fingerprint density at radius 1 is 1.47 bits per heavy atom. The summed E-state index contributed by atoms with van der Waals surface area (Å²) < 4.78 is 0. The Morgan fingerprint density at radius 3 is 3.06 bits per heavy atom. The molecule has 1 fully saturated rings. The zero-order valence-electron chi connectivity index (χ0n) is 9.27. The maximum absolute atomic E-state index is 11.5. The van der Waals surface area contributed by atoms with Gasteiger partial charge in [0.1, 0.15) is 0 Å². The highest BCUT2D eigenvalue weighted by Crippen LogP contribution is 2.21. The molecule has 1 aliphatic rings. The lowest BCUT2D eigenvalue weighted by Crippen LogP contribution is -2.27. The molecule has 1 aromatic carbocycles. The van der Waals surface area contributed by atoms with Crippen LogP contribution in [0.3, 0.4) is 0 Å². The van der Waals surface area contributed by atoms with Gasteiger partial charge < -0.3 is 10.3 Å². The van der Waals surface area contributed by atoms with Gasteiger partial charge in [0, 0.05) is 6.04 Å². The van der Waals surface area contributed by atoms with E-state index >= 15 is 0 Å². The maximum Gasteiger partial charge on any atom is 0.230 e. The number of rotatable bonds is 4. The molecule has 0 saturated heterocycles. The molecule has 1 aliphatic carbocycles. The van der Waals surface area contributed by atoms with E-state index in [-0.39, 0.29) is 5.91 Å². The van der Waals surface area contributed by atoms with Crippen molar-refractivity contribution in [1.29, 1.82) is 0 Å². The summed E-state index contributed by atoms with van der Waals surface area (Å²) >= 11 is 1.45. The number of thioether (sulfide) groups is 1. The summed E-state index contributed by atoms with van der Waals surface area (Å²) in [5.41, 5.74) is 1.95. The van der Waals surface area contributed by atoms with E-state index in [1.165, 1.54) is 11.8 Å². The van der Waals surface area contributed by atoms with Crippen LogP contribution in [0.2, 0.25) is 0 Å². The van der Waals surface area contributed by atoms with E-state index in [4.69, 9.17) is 0 Å². The first-order chi connectivity index (χ1) is 8.31. The summed E-state index contributed by atoms with van der Waals surface area (Å²) in [5.74, 6) is 0.522. The van der Waals surface area contributed by atoms with Crippen molar-refractivity contribution in [2.45, 2.75) is 24.0 Å². The number of para-hydroxylation sites is 2. The van der Waals surface area contributed by atoms with E-state index < -0.39 is 0 Å². The van der Waals surface area contributed by atoms with Gasteiger partial charge in [-0.25, -0.2) is 4.98 Å². The van der Waals surface area contributed by atoms with Crippen LogP contribution in [0.5, 0.6) is 0 Å². The van der Waals surface area contributed by atoms with E-state index in [0.717, 1.165) is 29.0 Å². The predicted octanol–water partition coefficient (Wildman–Crippen LogP) is 1.93. The van der Waals surface area contributed by atoms with Gasteiger partial charge in [0.05, 0.1) is 16.8 Å². The highest BCUT2D eigenvalue weighted by molar-refractivity contribution is 7.99. The van der Waals surface area contributed by atoms with Gasteiger partial charge in [-0.2, -0.15) is 0 Å². The molecule has 1 aromatic heterocycles. The van der Waals surface area contributed by atoms with Crippen LogP contribution in [-0.2, 0) is 4.79 Å². The third-order valence-electron chi connectivity index (χ3n) is 2.65. The standard InChI is InChI=1S/C12H13N3OS/c16-11(13-8-5-6-8)7-17-12-14-9-3-1-2-4-10(9)15-12/h1-4,8H,5-7H2,(H,13,16)(H,14,15). The third kappa shape index (κ3) is 2.61. The molecule has 2 aromatic rings. The Balaban J connectivity index is 1.61. The quantitative estimate of drug-likeness (QED) is 0.812. The molecule has 1 amide bonds. The van der Waals surface area contributed by atoms with Crippen molar-refractivity contribution in [3.63, 3.8) is 0 Å². The fourth-order valence-corrected chi connectivity index (χ4v) is 2.32. The van der Waals surface area contributed by atoms with Crippen LogP contribution in [0.4, 0.5) is 0 Å². The molecule has 17 heavy (non-hydrogen) atoms. The molecular weight excluding hydrogens is 234 g/mol. The Morgan fingerprint density at radius 2 is 2.29 bits per heavy atom. The van der Waals surface area contributed by atoms with Crippen molar-refractivity contribution in [3.05, 3.63) is 24.3 Å². The lowest BCUT2D eigenvalue weighted by atomic mass is 10.3. The number of amides is 1. The molecular formula is C12H13N3OS.